The van der Waals surface area contributed by atoms with Crippen molar-refractivity contribution in [3.63, 3.8) is 0 Å². The average molecular weight is 362 g/mol. The third kappa shape index (κ3) is 2.79. The second kappa shape index (κ2) is 6.13. The van der Waals surface area contributed by atoms with E-state index in [9.17, 15) is 13.5 Å². The van der Waals surface area contributed by atoms with Gasteiger partial charge in [-0.3, -0.25) is 0 Å². The Morgan fingerprint density at radius 1 is 1.40 bits per heavy atom. The maximum atomic E-state index is 12.9. The van der Waals surface area contributed by atoms with Crippen molar-refractivity contribution in [2.45, 2.75) is 56.7 Å². The van der Waals surface area contributed by atoms with E-state index in [1.807, 2.05) is 13.8 Å². The lowest BCUT2D eigenvalue weighted by Crippen LogP contribution is -2.39. The van der Waals surface area contributed by atoms with E-state index in [1.54, 1.807) is 22.5 Å². The molecule has 1 N–H and O–H groups in total. The van der Waals surface area contributed by atoms with E-state index in [1.165, 1.54) is 0 Å². The molecule has 0 bridgehead atoms. The summed E-state index contributed by atoms with van der Waals surface area (Å²) in [6.45, 7) is 3.81. The second-order valence-corrected chi connectivity index (χ2v) is 7.91. The zero-order valence-electron chi connectivity index (χ0n) is 11.7. The number of aliphatic hydroxyl groups is 1. The van der Waals surface area contributed by atoms with Crippen molar-refractivity contribution < 1.29 is 13.5 Å². The summed E-state index contributed by atoms with van der Waals surface area (Å²) in [6.07, 6.45) is 2.63. The first-order valence-corrected chi connectivity index (χ1v) is 9.08. The van der Waals surface area contributed by atoms with Gasteiger partial charge < -0.3 is 5.11 Å². The maximum Gasteiger partial charge on any atom is 0.244 e. The normalized spacial score (nSPS) is 24.2. The monoisotopic (exact) mass is 361 g/mol. The van der Waals surface area contributed by atoms with Gasteiger partial charge in [-0.1, -0.05) is 13.0 Å². The van der Waals surface area contributed by atoms with Crippen molar-refractivity contribution in [2.75, 3.05) is 0 Å². The van der Waals surface area contributed by atoms with Crippen LogP contribution in [0, 0.1) is 0 Å². The molecule has 1 aromatic carbocycles. The molecule has 2 rings (SSSR count). The van der Waals surface area contributed by atoms with Crippen LogP contribution in [0.3, 0.4) is 0 Å². The van der Waals surface area contributed by atoms with E-state index in [4.69, 9.17) is 0 Å². The van der Waals surface area contributed by atoms with Crippen LogP contribution in [0.15, 0.2) is 27.6 Å². The first-order valence-electron chi connectivity index (χ1n) is 6.84. The summed E-state index contributed by atoms with van der Waals surface area (Å²) >= 11 is 3.32. The summed E-state index contributed by atoms with van der Waals surface area (Å²) < 4.78 is 28.0. The van der Waals surface area contributed by atoms with E-state index >= 15 is 0 Å². The number of rotatable bonds is 4. The van der Waals surface area contributed by atoms with Crippen LogP contribution in [0.4, 0.5) is 0 Å². The fraction of sp³-hybridized carbons (Fsp3) is 0.571. The highest BCUT2D eigenvalue weighted by molar-refractivity contribution is 9.10. The van der Waals surface area contributed by atoms with E-state index in [-0.39, 0.29) is 23.6 Å². The zero-order chi connectivity index (χ0) is 14.9. The number of halogens is 1. The second-order valence-electron chi connectivity index (χ2n) is 5.25. The van der Waals surface area contributed by atoms with Gasteiger partial charge in [0, 0.05) is 16.6 Å². The highest BCUT2D eigenvalue weighted by atomic mass is 79.9. The van der Waals surface area contributed by atoms with Gasteiger partial charge in [0.05, 0.1) is 11.5 Å². The topological polar surface area (TPSA) is 57.6 Å². The molecular formula is C14H20BrNO3S. The molecule has 2 atom stereocenters. The van der Waals surface area contributed by atoms with Crippen molar-refractivity contribution >= 4 is 26.0 Å². The molecule has 6 heteroatoms. The van der Waals surface area contributed by atoms with Gasteiger partial charge in [0.15, 0.2) is 0 Å². The lowest BCUT2D eigenvalue weighted by Gasteiger charge is -2.27. The third-order valence-electron chi connectivity index (χ3n) is 3.92. The van der Waals surface area contributed by atoms with Crippen LogP contribution in [-0.2, 0) is 16.6 Å². The third-order valence-corrected chi connectivity index (χ3v) is 6.98. The van der Waals surface area contributed by atoms with Gasteiger partial charge in [0.25, 0.3) is 0 Å². The van der Waals surface area contributed by atoms with Crippen LogP contribution in [0.2, 0.25) is 0 Å². The maximum absolute atomic E-state index is 12.9. The van der Waals surface area contributed by atoms with Crippen molar-refractivity contribution in [2.24, 2.45) is 0 Å². The van der Waals surface area contributed by atoms with E-state index in [0.717, 1.165) is 19.3 Å². The van der Waals surface area contributed by atoms with E-state index in [2.05, 4.69) is 15.9 Å². The molecule has 4 nitrogen and oxygen atoms in total. The van der Waals surface area contributed by atoms with Gasteiger partial charge in [-0.25, -0.2) is 8.42 Å². The largest absolute Gasteiger partial charge is 0.392 e. The molecule has 2 unspecified atom stereocenters. The van der Waals surface area contributed by atoms with Crippen molar-refractivity contribution in [1.29, 1.82) is 0 Å². The highest BCUT2D eigenvalue weighted by Crippen LogP contribution is 2.35. The minimum Gasteiger partial charge on any atom is -0.392 e. The molecule has 0 aromatic heterocycles. The molecular weight excluding hydrogens is 342 g/mol. The van der Waals surface area contributed by atoms with Gasteiger partial charge in [0.2, 0.25) is 10.0 Å². The van der Waals surface area contributed by atoms with Crippen LogP contribution in [0.1, 0.15) is 38.7 Å². The Labute approximate surface area is 129 Å². The molecule has 0 saturated carbocycles. The fourth-order valence-electron chi connectivity index (χ4n) is 2.82. The molecule has 1 fully saturated rings. The van der Waals surface area contributed by atoms with Crippen LogP contribution in [0.5, 0.6) is 0 Å². The Morgan fingerprint density at radius 2 is 2.10 bits per heavy atom. The van der Waals surface area contributed by atoms with Gasteiger partial charge in [0.1, 0.15) is 0 Å². The Bertz CT molecular complexity index is 588. The van der Waals surface area contributed by atoms with Crippen LogP contribution in [-0.4, -0.2) is 29.9 Å². The Morgan fingerprint density at radius 3 is 2.70 bits per heavy atom. The van der Waals surface area contributed by atoms with Gasteiger partial charge >= 0.3 is 0 Å². The Kier molecular flexibility index (Phi) is 4.89. The van der Waals surface area contributed by atoms with Gasteiger partial charge in [-0.05, 0) is 59.8 Å². The first-order chi connectivity index (χ1) is 9.41. The molecule has 1 heterocycles. The minimum atomic E-state index is -3.54. The SMILES string of the molecule is CCC1CCC(C)N1S(=O)(=O)c1cc(CO)ccc1Br. The molecule has 0 spiro atoms. The van der Waals surface area contributed by atoms with E-state index in [0.29, 0.717) is 10.0 Å². The summed E-state index contributed by atoms with van der Waals surface area (Å²) in [4.78, 5) is 0.247. The zero-order valence-corrected chi connectivity index (χ0v) is 14.1. The fourth-order valence-corrected chi connectivity index (χ4v) is 5.75. The molecule has 1 aromatic rings. The predicted molar refractivity (Wildman–Crippen MR) is 81.9 cm³/mol. The van der Waals surface area contributed by atoms with E-state index < -0.39 is 10.0 Å². The van der Waals surface area contributed by atoms with Gasteiger partial charge in [-0.2, -0.15) is 4.31 Å². The molecule has 1 aliphatic heterocycles. The smallest absolute Gasteiger partial charge is 0.244 e. The first kappa shape index (κ1) is 15.9. The molecule has 0 amide bonds. The lowest BCUT2D eigenvalue weighted by molar-refractivity contribution is 0.281. The molecule has 112 valence electrons. The molecule has 1 aliphatic rings. The summed E-state index contributed by atoms with van der Waals surface area (Å²) in [7, 11) is -3.54. The highest BCUT2D eigenvalue weighted by Gasteiger charge is 2.39. The number of sulfonamides is 1. The minimum absolute atomic E-state index is 0.0228. The quantitative estimate of drug-likeness (QED) is 0.896. The van der Waals surface area contributed by atoms with Crippen LogP contribution < -0.4 is 0 Å². The Hall–Kier alpha value is -0.430. The molecule has 1 saturated heterocycles. The van der Waals surface area contributed by atoms with Crippen molar-refractivity contribution in [1.82, 2.24) is 4.31 Å². The standard InChI is InChI=1S/C14H20BrNO3S/c1-3-12-6-4-10(2)16(12)20(18,19)14-8-11(9-17)5-7-13(14)15/h5,7-8,10,12,17H,3-4,6,9H2,1-2H3. The summed E-state index contributed by atoms with van der Waals surface area (Å²) in [5.74, 6) is 0. The average Bonchev–Trinajstić information content (AvgIpc) is 2.81. The van der Waals surface area contributed by atoms with Crippen LogP contribution in [0.25, 0.3) is 0 Å². The number of aliphatic hydroxyl groups excluding tert-OH is 1. The van der Waals surface area contributed by atoms with Crippen LogP contribution >= 0.6 is 15.9 Å². The number of nitrogens with zero attached hydrogens (tertiary/aromatic N) is 1. The number of benzene rings is 1. The number of hydrogen-bond donors (Lipinski definition) is 1. The van der Waals surface area contributed by atoms with Gasteiger partial charge in [-0.15, -0.1) is 0 Å². The predicted octanol–water partition coefficient (Wildman–Crippen LogP) is 2.89. The summed E-state index contributed by atoms with van der Waals surface area (Å²) in [5, 5.41) is 9.21. The Balaban J connectivity index is 2.49. The summed E-state index contributed by atoms with van der Waals surface area (Å²) in [6, 6.07) is 5.04. The van der Waals surface area contributed by atoms with Crippen molar-refractivity contribution in [3.8, 4) is 0 Å². The molecule has 0 radical (unpaired) electrons. The lowest BCUT2D eigenvalue weighted by atomic mass is 10.2. The summed E-state index contributed by atoms with van der Waals surface area (Å²) in [5.41, 5.74) is 0.603. The number of hydrogen-bond acceptors (Lipinski definition) is 3. The van der Waals surface area contributed by atoms with Crippen molar-refractivity contribution in [3.05, 3.63) is 28.2 Å². The molecule has 0 aliphatic carbocycles. The molecule has 20 heavy (non-hydrogen) atoms.